The SMILES string of the molecule is CCC1CCC(NCCS(N)(=O)=O)CC1. The molecule has 0 bridgehead atoms. The van der Waals surface area contributed by atoms with Gasteiger partial charge in [0, 0.05) is 12.6 Å². The number of primary sulfonamides is 1. The maximum absolute atomic E-state index is 10.7. The molecule has 3 N–H and O–H groups in total. The zero-order valence-electron chi connectivity index (χ0n) is 9.41. The third kappa shape index (κ3) is 5.49. The second-order valence-electron chi connectivity index (χ2n) is 4.45. The van der Waals surface area contributed by atoms with Gasteiger partial charge in [0.05, 0.1) is 5.75 Å². The fraction of sp³-hybridized carbons (Fsp3) is 1.00. The molecule has 0 heterocycles. The first kappa shape index (κ1) is 12.9. The van der Waals surface area contributed by atoms with E-state index in [1.165, 1.54) is 32.1 Å². The van der Waals surface area contributed by atoms with Crippen molar-refractivity contribution in [2.24, 2.45) is 11.1 Å². The van der Waals surface area contributed by atoms with E-state index in [1.54, 1.807) is 0 Å². The van der Waals surface area contributed by atoms with Crippen molar-refractivity contribution < 1.29 is 8.42 Å². The van der Waals surface area contributed by atoms with Crippen LogP contribution in [0.3, 0.4) is 0 Å². The van der Waals surface area contributed by atoms with Gasteiger partial charge in [-0.1, -0.05) is 13.3 Å². The summed E-state index contributed by atoms with van der Waals surface area (Å²) < 4.78 is 21.4. The Kier molecular flexibility index (Phi) is 5.02. The molecule has 0 aromatic heterocycles. The lowest BCUT2D eigenvalue weighted by Crippen LogP contribution is -2.37. The van der Waals surface area contributed by atoms with Crippen LogP contribution in [0.25, 0.3) is 0 Å². The van der Waals surface area contributed by atoms with E-state index in [0.717, 1.165) is 5.92 Å². The lowest BCUT2D eigenvalue weighted by Gasteiger charge is -2.28. The van der Waals surface area contributed by atoms with Crippen LogP contribution >= 0.6 is 0 Å². The molecule has 1 aliphatic carbocycles. The highest BCUT2D eigenvalue weighted by Gasteiger charge is 2.19. The van der Waals surface area contributed by atoms with E-state index in [2.05, 4.69) is 12.2 Å². The van der Waals surface area contributed by atoms with Crippen LogP contribution in [0.2, 0.25) is 0 Å². The van der Waals surface area contributed by atoms with Crippen LogP contribution in [-0.4, -0.2) is 26.8 Å². The van der Waals surface area contributed by atoms with Gasteiger partial charge in [-0.2, -0.15) is 0 Å². The third-order valence-electron chi connectivity index (χ3n) is 3.24. The predicted octanol–water partition coefficient (Wildman–Crippen LogP) is 0.833. The molecule has 0 amide bonds. The molecule has 0 aromatic carbocycles. The topological polar surface area (TPSA) is 72.2 Å². The fourth-order valence-electron chi connectivity index (χ4n) is 2.18. The van der Waals surface area contributed by atoms with Crippen LogP contribution in [0.4, 0.5) is 0 Å². The predicted molar refractivity (Wildman–Crippen MR) is 62.0 cm³/mol. The number of hydrogen-bond acceptors (Lipinski definition) is 3. The summed E-state index contributed by atoms with van der Waals surface area (Å²) in [4.78, 5) is 0. The molecule has 0 radical (unpaired) electrons. The molecule has 15 heavy (non-hydrogen) atoms. The normalized spacial score (nSPS) is 27.9. The quantitative estimate of drug-likeness (QED) is 0.740. The summed E-state index contributed by atoms with van der Waals surface area (Å²) in [5.41, 5.74) is 0. The minimum Gasteiger partial charge on any atom is -0.313 e. The van der Waals surface area contributed by atoms with E-state index >= 15 is 0 Å². The van der Waals surface area contributed by atoms with Gasteiger partial charge in [0.1, 0.15) is 0 Å². The minimum atomic E-state index is -3.30. The molecular formula is C10H22N2O2S. The van der Waals surface area contributed by atoms with Crippen LogP contribution in [0, 0.1) is 5.92 Å². The Bertz CT molecular complexity index is 269. The van der Waals surface area contributed by atoms with Crippen LogP contribution in [0.5, 0.6) is 0 Å². The molecule has 90 valence electrons. The summed E-state index contributed by atoms with van der Waals surface area (Å²) in [7, 11) is -3.30. The second kappa shape index (κ2) is 5.82. The summed E-state index contributed by atoms with van der Waals surface area (Å²) in [6.45, 7) is 2.72. The van der Waals surface area contributed by atoms with Crippen molar-refractivity contribution in [3.63, 3.8) is 0 Å². The lowest BCUT2D eigenvalue weighted by atomic mass is 9.84. The molecule has 0 saturated heterocycles. The Morgan fingerprint density at radius 1 is 1.27 bits per heavy atom. The van der Waals surface area contributed by atoms with Gasteiger partial charge < -0.3 is 5.32 Å². The molecule has 0 spiro atoms. The van der Waals surface area contributed by atoms with Crippen LogP contribution in [0.1, 0.15) is 39.0 Å². The summed E-state index contributed by atoms with van der Waals surface area (Å²) in [5.74, 6) is 0.919. The molecule has 0 aliphatic heterocycles. The van der Waals surface area contributed by atoms with E-state index in [-0.39, 0.29) is 5.75 Å². The van der Waals surface area contributed by atoms with Crippen LogP contribution in [0.15, 0.2) is 0 Å². The first-order chi connectivity index (χ1) is 7.01. The lowest BCUT2D eigenvalue weighted by molar-refractivity contribution is 0.289. The smallest absolute Gasteiger partial charge is 0.210 e. The molecule has 5 heteroatoms. The van der Waals surface area contributed by atoms with Crippen molar-refractivity contribution in [3.8, 4) is 0 Å². The Balaban J connectivity index is 2.14. The third-order valence-corrected chi connectivity index (χ3v) is 4.02. The largest absolute Gasteiger partial charge is 0.313 e. The van der Waals surface area contributed by atoms with Gasteiger partial charge in [-0.25, -0.2) is 13.6 Å². The van der Waals surface area contributed by atoms with Gasteiger partial charge in [-0.3, -0.25) is 0 Å². The highest BCUT2D eigenvalue weighted by atomic mass is 32.2. The van der Waals surface area contributed by atoms with Crippen LogP contribution < -0.4 is 10.5 Å². The first-order valence-corrected chi connectivity index (χ1v) is 7.46. The standard InChI is InChI=1S/C10H22N2O2S/c1-2-9-3-5-10(6-4-9)12-7-8-15(11,13)14/h9-10,12H,2-8H2,1H3,(H2,11,13,14). The number of nitrogens with two attached hydrogens (primary N) is 1. The van der Waals surface area contributed by atoms with Crippen molar-refractivity contribution in [1.82, 2.24) is 5.32 Å². The minimum absolute atomic E-state index is 0.0424. The van der Waals surface area contributed by atoms with E-state index in [0.29, 0.717) is 12.6 Å². The van der Waals surface area contributed by atoms with Crippen molar-refractivity contribution in [2.75, 3.05) is 12.3 Å². The zero-order valence-corrected chi connectivity index (χ0v) is 10.2. The summed E-state index contributed by atoms with van der Waals surface area (Å²) in [5, 5.41) is 8.19. The fourth-order valence-corrected chi connectivity index (χ4v) is 2.58. The Morgan fingerprint density at radius 2 is 1.87 bits per heavy atom. The van der Waals surface area contributed by atoms with Gasteiger partial charge in [0.15, 0.2) is 0 Å². The van der Waals surface area contributed by atoms with Crippen molar-refractivity contribution in [3.05, 3.63) is 0 Å². The van der Waals surface area contributed by atoms with Crippen molar-refractivity contribution in [2.45, 2.75) is 45.1 Å². The Labute approximate surface area is 92.7 Å². The monoisotopic (exact) mass is 234 g/mol. The Hall–Kier alpha value is -0.130. The van der Waals surface area contributed by atoms with Gasteiger partial charge in [-0.05, 0) is 31.6 Å². The average Bonchev–Trinajstić information content (AvgIpc) is 2.17. The molecule has 0 aromatic rings. The first-order valence-electron chi connectivity index (χ1n) is 5.75. The molecule has 4 nitrogen and oxygen atoms in total. The Morgan fingerprint density at radius 3 is 2.33 bits per heavy atom. The van der Waals surface area contributed by atoms with Gasteiger partial charge >= 0.3 is 0 Å². The van der Waals surface area contributed by atoms with Gasteiger partial charge in [-0.15, -0.1) is 0 Å². The summed E-state index contributed by atoms with van der Waals surface area (Å²) in [6.07, 6.45) is 6.14. The molecule has 1 saturated carbocycles. The second-order valence-corrected chi connectivity index (χ2v) is 6.18. The van der Waals surface area contributed by atoms with E-state index in [9.17, 15) is 8.42 Å². The van der Waals surface area contributed by atoms with Crippen molar-refractivity contribution >= 4 is 10.0 Å². The molecule has 1 aliphatic rings. The molecular weight excluding hydrogens is 212 g/mol. The zero-order chi connectivity index (χ0) is 11.3. The molecule has 0 unspecified atom stereocenters. The van der Waals surface area contributed by atoms with Gasteiger partial charge in [0.25, 0.3) is 0 Å². The maximum atomic E-state index is 10.7. The van der Waals surface area contributed by atoms with E-state index in [4.69, 9.17) is 5.14 Å². The van der Waals surface area contributed by atoms with E-state index < -0.39 is 10.0 Å². The highest BCUT2D eigenvalue weighted by Crippen LogP contribution is 2.26. The number of nitrogens with one attached hydrogen (secondary N) is 1. The number of rotatable bonds is 5. The van der Waals surface area contributed by atoms with E-state index in [1.807, 2.05) is 0 Å². The molecule has 1 fully saturated rings. The maximum Gasteiger partial charge on any atom is 0.210 e. The summed E-state index contributed by atoms with van der Waals surface area (Å²) in [6, 6.07) is 0.495. The summed E-state index contributed by atoms with van der Waals surface area (Å²) >= 11 is 0. The van der Waals surface area contributed by atoms with Crippen LogP contribution in [-0.2, 0) is 10.0 Å². The molecule has 0 atom stereocenters. The van der Waals surface area contributed by atoms with Crippen molar-refractivity contribution in [1.29, 1.82) is 0 Å². The average molecular weight is 234 g/mol. The van der Waals surface area contributed by atoms with Gasteiger partial charge in [0.2, 0.25) is 10.0 Å². The number of hydrogen-bond donors (Lipinski definition) is 2. The highest BCUT2D eigenvalue weighted by molar-refractivity contribution is 7.89. The number of sulfonamides is 1. The molecule has 1 rings (SSSR count).